The average molecular weight is 465 g/mol. The molecule has 0 aromatic carbocycles. The first-order chi connectivity index (χ1) is 16.1. The van der Waals surface area contributed by atoms with Gasteiger partial charge in [0.25, 0.3) is 0 Å². The van der Waals surface area contributed by atoms with Gasteiger partial charge in [-0.25, -0.2) is 0 Å². The molecule has 0 amide bonds. The van der Waals surface area contributed by atoms with Crippen LogP contribution in [0.5, 0.6) is 0 Å². The van der Waals surface area contributed by atoms with Crippen LogP contribution < -0.4 is 0 Å². The molecule has 8 unspecified atom stereocenters. The summed E-state index contributed by atoms with van der Waals surface area (Å²) in [5.41, 5.74) is 0. The lowest BCUT2D eigenvalue weighted by atomic mass is 9.90. The molecule has 0 aromatic rings. The molecule has 4 aliphatic rings. The Hall–Kier alpha value is -0.950. The van der Waals surface area contributed by atoms with E-state index in [1.165, 1.54) is 19.3 Å². The van der Waals surface area contributed by atoms with Gasteiger partial charge in [-0.05, 0) is 50.9 Å². The van der Waals surface area contributed by atoms with Gasteiger partial charge in [-0.1, -0.05) is 45.3 Å². The van der Waals surface area contributed by atoms with Gasteiger partial charge in [0.2, 0.25) is 0 Å². The SMILES string of the molecule is CCCCC(C)CC(C=CC1C(OC2CCCCO2)CC2OC(=O)CC21)OC1CCCCO1. The molecule has 0 spiro atoms. The predicted octanol–water partition coefficient (Wildman–Crippen LogP) is 5.53. The predicted molar refractivity (Wildman–Crippen MR) is 125 cm³/mol. The van der Waals surface area contributed by atoms with E-state index in [2.05, 4.69) is 26.0 Å². The highest BCUT2D eigenvalue weighted by Gasteiger charge is 2.50. The van der Waals surface area contributed by atoms with Crippen LogP contribution in [0.25, 0.3) is 0 Å². The molecule has 0 N–H and O–H groups in total. The Bertz CT molecular complexity index is 624. The highest BCUT2D eigenvalue weighted by Crippen LogP contribution is 2.44. The molecular weight excluding hydrogens is 420 g/mol. The molecular formula is C27H44O6. The molecule has 0 aromatic heterocycles. The summed E-state index contributed by atoms with van der Waals surface area (Å²) < 4.78 is 30.2. The molecule has 0 radical (unpaired) electrons. The maximum atomic E-state index is 12.0. The number of esters is 1. The highest BCUT2D eigenvalue weighted by molar-refractivity contribution is 5.72. The Morgan fingerprint density at radius 3 is 2.55 bits per heavy atom. The van der Waals surface area contributed by atoms with E-state index < -0.39 is 0 Å². The second kappa shape index (κ2) is 12.7. The van der Waals surface area contributed by atoms with Gasteiger partial charge < -0.3 is 23.7 Å². The zero-order valence-corrected chi connectivity index (χ0v) is 20.6. The monoisotopic (exact) mass is 464 g/mol. The summed E-state index contributed by atoms with van der Waals surface area (Å²) in [4.78, 5) is 12.0. The van der Waals surface area contributed by atoms with Crippen LogP contribution in [0.3, 0.4) is 0 Å². The molecule has 6 heteroatoms. The second-order valence-corrected chi connectivity index (χ2v) is 10.5. The van der Waals surface area contributed by atoms with Crippen LogP contribution >= 0.6 is 0 Å². The van der Waals surface area contributed by atoms with Crippen molar-refractivity contribution < 1.29 is 28.5 Å². The van der Waals surface area contributed by atoms with Gasteiger partial charge in [0.15, 0.2) is 12.6 Å². The molecule has 3 saturated heterocycles. The van der Waals surface area contributed by atoms with E-state index in [0.29, 0.717) is 12.3 Å². The Morgan fingerprint density at radius 2 is 1.85 bits per heavy atom. The average Bonchev–Trinajstić information content (AvgIpc) is 3.32. The second-order valence-electron chi connectivity index (χ2n) is 10.5. The summed E-state index contributed by atoms with van der Waals surface area (Å²) in [6.45, 7) is 6.12. The number of unbranched alkanes of at least 4 members (excludes halogenated alkanes) is 1. The van der Waals surface area contributed by atoms with E-state index in [0.717, 1.165) is 64.6 Å². The lowest BCUT2D eigenvalue weighted by molar-refractivity contribution is -0.194. The molecule has 3 aliphatic heterocycles. The van der Waals surface area contributed by atoms with Crippen molar-refractivity contribution >= 4 is 5.97 Å². The quantitative estimate of drug-likeness (QED) is 0.296. The van der Waals surface area contributed by atoms with Crippen molar-refractivity contribution in [1.82, 2.24) is 0 Å². The number of carbonyl (C=O) groups is 1. The Morgan fingerprint density at radius 1 is 1.09 bits per heavy atom. The minimum absolute atomic E-state index is 0.0172. The minimum Gasteiger partial charge on any atom is -0.462 e. The fraction of sp³-hybridized carbons (Fsp3) is 0.889. The van der Waals surface area contributed by atoms with Crippen molar-refractivity contribution in [2.45, 2.75) is 122 Å². The first-order valence-electron chi connectivity index (χ1n) is 13.5. The minimum atomic E-state index is -0.133. The summed E-state index contributed by atoms with van der Waals surface area (Å²) >= 11 is 0. The number of ether oxygens (including phenoxy) is 5. The van der Waals surface area contributed by atoms with Crippen LogP contribution in [-0.4, -0.2) is 50.1 Å². The number of hydrogen-bond donors (Lipinski definition) is 0. The molecule has 8 atom stereocenters. The molecule has 188 valence electrons. The third-order valence-electron chi connectivity index (χ3n) is 7.71. The summed E-state index contributed by atoms with van der Waals surface area (Å²) in [6.07, 6.45) is 16.6. The van der Waals surface area contributed by atoms with Crippen LogP contribution in [0.2, 0.25) is 0 Å². The van der Waals surface area contributed by atoms with E-state index in [9.17, 15) is 4.79 Å². The van der Waals surface area contributed by atoms with Gasteiger partial charge in [0, 0.05) is 31.5 Å². The highest BCUT2D eigenvalue weighted by atomic mass is 16.7. The zero-order chi connectivity index (χ0) is 23.0. The molecule has 1 saturated carbocycles. The van der Waals surface area contributed by atoms with Crippen LogP contribution in [0.15, 0.2) is 12.2 Å². The van der Waals surface area contributed by atoms with Crippen LogP contribution in [0.4, 0.5) is 0 Å². The Labute approximate surface area is 199 Å². The number of fused-ring (bicyclic) bond motifs is 1. The van der Waals surface area contributed by atoms with Crippen molar-refractivity contribution in [2.24, 2.45) is 17.8 Å². The lowest BCUT2D eigenvalue weighted by Gasteiger charge is -2.30. The van der Waals surface area contributed by atoms with E-state index in [1.54, 1.807) is 0 Å². The summed E-state index contributed by atoms with van der Waals surface area (Å²) in [6, 6.07) is 0. The first kappa shape index (κ1) is 25.2. The standard InChI is InChI=1S/C27H44O6/c1-3-4-9-19(2)16-20(31-26-10-5-7-14-29-26)12-13-21-22-17-25(28)32-24(22)18-23(21)33-27-11-6-8-15-30-27/h12-13,19-24,26-27H,3-11,14-18H2,1-2H3. The fourth-order valence-electron chi connectivity index (χ4n) is 5.84. The Balaban J connectivity index is 1.43. The van der Waals surface area contributed by atoms with Gasteiger partial charge >= 0.3 is 5.97 Å². The number of hydrogen-bond acceptors (Lipinski definition) is 6. The van der Waals surface area contributed by atoms with Gasteiger partial charge in [-0.2, -0.15) is 0 Å². The number of carbonyl (C=O) groups excluding carboxylic acids is 1. The fourth-order valence-corrected chi connectivity index (χ4v) is 5.84. The summed E-state index contributed by atoms with van der Waals surface area (Å²) in [5.74, 6) is 0.855. The maximum Gasteiger partial charge on any atom is 0.306 e. The van der Waals surface area contributed by atoms with E-state index in [1.807, 2.05) is 0 Å². The van der Waals surface area contributed by atoms with Crippen molar-refractivity contribution in [3.05, 3.63) is 12.2 Å². The molecule has 6 nitrogen and oxygen atoms in total. The molecule has 4 rings (SSSR count). The van der Waals surface area contributed by atoms with Gasteiger partial charge in [-0.3, -0.25) is 4.79 Å². The van der Waals surface area contributed by atoms with Crippen molar-refractivity contribution in [3.63, 3.8) is 0 Å². The lowest BCUT2D eigenvalue weighted by Crippen LogP contribution is -2.31. The zero-order valence-electron chi connectivity index (χ0n) is 20.6. The van der Waals surface area contributed by atoms with Gasteiger partial charge in [0.05, 0.1) is 18.6 Å². The van der Waals surface area contributed by atoms with Crippen LogP contribution in [0.1, 0.15) is 90.9 Å². The maximum absolute atomic E-state index is 12.0. The molecule has 3 heterocycles. The normalized spacial score (nSPS) is 36.6. The molecule has 33 heavy (non-hydrogen) atoms. The van der Waals surface area contributed by atoms with Crippen LogP contribution in [-0.2, 0) is 28.5 Å². The molecule has 1 aliphatic carbocycles. The van der Waals surface area contributed by atoms with E-state index in [-0.39, 0.29) is 48.7 Å². The van der Waals surface area contributed by atoms with Gasteiger partial charge in [0.1, 0.15) is 6.10 Å². The van der Waals surface area contributed by atoms with Crippen molar-refractivity contribution in [2.75, 3.05) is 13.2 Å². The number of rotatable bonds is 11. The Kier molecular flexibility index (Phi) is 9.65. The summed E-state index contributed by atoms with van der Waals surface area (Å²) in [7, 11) is 0. The third kappa shape index (κ3) is 7.27. The van der Waals surface area contributed by atoms with Gasteiger partial charge in [-0.15, -0.1) is 0 Å². The van der Waals surface area contributed by atoms with E-state index in [4.69, 9.17) is 23.7 Å². The molecule has 4 fully saturated rings. The van der Waals surface area contributed by atoms with Crippen molar-refractivity contribution in [3.8, 4) is 0 Å². The smallest absolute Gasteiger partial charge is 0.306 e. The first-order valence-corrected chi connectivity index (χ1v) is 13.5. The van der Waals surface area contributed by atoms with Crippen molar-refractivity contribution in [1.29, 1.82) is 0 Å². The topological polar surface area (TPSA) is 63.2 Å². The van der Waals surface area contributed by atoms with E-state index >= 15 is 0 Å². The third-order valence-corrected chi connectivity index (χ3v) is 7.71. The summed E-state index contributed by atoms with van der Waals surface area (Å²) in [5, 5.41) is 0. The largest absolute Gasteiger partial charge is 0.462 e. The molecule has 0 bridgehead atoms. The van der Waals surface area contributed by atoms with Crippen LogP contribution in [0, 0.1) is 17.8 Å².